The summed E-state index contributed by atoms with van der Waals surface area (Å²) >= 11 is 0. The maximum atomic E-state index is 12.3. The fourth-order valence-electron chi connectivity index (χ4n) is 9.07. The summed E-state index contributed by atoms with van der Waals surface area (Å²) in [5.41, 5.74) is 1.76. The molecule has 2 aromatic rings. The fourth-order valence-corrected chi connectivity index (χ4v) is 9.07. The van der Waals surface area contributed by atoms with Crippen LogP contribution in [0.5, 0.6) is 0 Å². The molecule has 26 nitrogen and oxygen atoms in total. The standard InChI is InChI=1S/C50H82N14O12/c1-51-47-58-48(55-37-16-14-36(15-17-37)32-38-33-62(34-43(68)69)26-23-52-21-22-53-24-27-64(38)35-44(70)71)60-49(59-47)63-30-28-61(29-31-63)25-11-7-5-3-2-4-6-8-13-41(65)54-20-10-9-12-39(45(72)73)56-50(76)57-40(46(74)75)18-19-42(66)67/h14-17,38-40,52-53H,2-13,18-35H2,1H3,(H,54,65)(H,66,67)(H,68,69)(H,70,71)(H,72,73)(H,74,75)(H2,56,57,76)(H2,51,55,58,59,60)/t38?,39-,40-/m0/s1. The number of piperazine rings is 1. The second-order valence-corrected chi connectivity index (χ2v) is 19.3. The lowest BCUT2D eigenvalue weighted by atomic mass is 10.0. The molecule has 0 bridgehead atoms. The summed E-state index contributed by atoms with van der Waals surface area (Å²) in [6.45, 7) is 8.59. The molecule has 0 aliphatic carbocycles. The van der Waals surface area contributed by atoms with E-state index in [1.165, 1.54) is 0 Å². The largest absolute Gasteiger partial charge is 0.481 e. The van der Waals surface area contributed by atoms with E-state index in [9.17, 15) is 54.0 Å². The van der Waals surface area contributed by atoms with E-state index in [0.717, 1.165) is 108 Å². The fraction of sp³-hybridized carbons (Fsp3) is 0.680. The van der Waals surface area contributed by atoms with Crippen molar-refractivity contribution in [1.29, 1.82) is 0 Å². The van der Waals surface area contributed by atoms with Crippen molar-refractivity contribution in [1.82, 2.24) is 56.2 Å². The highest BCUT2D eigenvalue weighted by molar-refractivity contribution is 5.86. The summed E-state index contributed by atoms with van der Waals surface area (Å²) in [5, 5.41) is 67.1. The molecule has 4 rings (SSSR count). The van der Waals surface area contributed by atoms with Gasteiger partial charge in [-0.25, -0.2) is 14.4 Å². The number of aliphatic carboxylic acids is 5. The molecule has 26 heteroatoms. The molecule has 2 aliphatic heterocycles. The highest BCUT2D eigenvalue weighted by Crippen LogP contribution is 2.21. The van der Waals surface area contributed by atoms with Crippen molar-refractivity contribution in [2.24, 2.45) is 0 Å². The predicted octanol–water partition coefficient (Wildman–Crippen LogP) is 1.52. The van der Waals surface area contributed by atoms with Crippen molar-refractivity contribution in [3.63, 3.8) is 0 Å². The van der Waals surface area contributed by atoms with Crippen LogP contribution in [0, 0.1) is 0 Å². The zero-order chi connectivity index (χ0) is 55.1. The first kappa shape index (κ1) is 62.1. The number of nitrogens with one attached hydrogen (secondary N) is 7. The van der Waals surface area contributed by atoms with Crippen molar-refractivity contribution < 1.29 is 59.1 Å². The average molecular weight is 1070 g/mol. The van der Waals surface area contributed by atoms with E-state index in [-0.39, 0.29) is 37.9 Å². The Bertz CT molecular complexity index is 2120. The van der Waals surface area contributed by atoms with E-state index in [1.54, 1.807) is 7.05 Å². The molecule has 1 aromatic heterocycles. The monoisotopic (exact) mass is 1070 g/mol. The molecule has 2 aliphatic rings. The van der Waals surface area contributed by atoms with Crippen LogP contribution in [-0.4, -0.2) is 220 Å². The summed E-state index contributed by atoms with van der Waals surface area (Å²) < 4.78 is 0. The van der Waals surface area contributed by atoms with Gasteiger partial charge in [-0.3, -0.25) is 33.9 Å². The SMILES string of the molecule is CNc1nc(Nc2ccc(CC3CN(CC(=O)O)CCNCCNCCN3CC(=O)O)cc2)nc(N2CCN(CCCCCCCCCCC(=O)NCCCC[C@H](NC(=O)N[C@@H](CCC(=O)O)C(=O)O)C(=O)O)CC2)n1. The first-order valence-corrected chi connectivity index (χ1v) is 26.7. The lowest BCUT2D eigenvalue weighted by Gasteiger charge is -2.35. The van der Waals surface area contributed by atoms with Crippen molar-refractivity contribution in [3.05, 3.63) is 29.8 Å². The number of urea groups is 1. The number of anilines is 4. The van der Waals surface area contributed by atoms with Gasteiger partial charge >= 0.3 is 35.9 Å². The van der Waals surface area contributed by atoms with Gasteiger partial charge in [-0.2, -0.15) is 15.0 Å². The Morgan fingerprint density at radius 2 is 1.22 bits per heavy atom. The van der Waals surface area contributed by atoms with Crippen LogP contribution in [0.2, 0.25) is 0 Å². The summed E-state index contributed by atoms with van der Waals surface area (Å²) in [5.74, 6) is -4.44. The number of hydrogen-bond donors (Lipinski definition) is 12. The van der Waals surface area contributed by atoms with Gasteiger partial charge in [-0.15, -0.1) is 0 Å². The molecule has 3 amide bonds. The third-order valence-electron chi connectivity index (χ3n) is 13.2. The molecule has 2 fully saturated rings. The highest BCUT2D eigenvalue weighted by Gasteiger charge is 2.27. The Hall–Kier alpha value is -6.48. The van der Waals surface area contributed by atoms with Crippen LogP contribution in [0.25, 0.3) is 0 Å². The third-order valence-corrected chi connectivity index (χ3v) is 13.2. The van der Waals surface area contributed by atoms with Crippen LogP contribution < -0.4 is 42.1 Å². The number of carboxylic acids is 5. The maximum absolute atomic E-state index is 12.3. The molecule has 1 unspecified atom stereocenters. The molecule has 3 heterocycles. The number of aromatic nitrogens is 3. The lowest BCUT2D eigenvalue weighted by Crippen LogP contribution is -2.52. The van der Waals surface area contributed by atoms with Gasteiger partial charge in [0.05, 0.1) is 13.1 Å². The van der Waals surface area contributed by atoms with Gasteiger partial charge in [0.2, 0.25) is 23.8 Å². The van der Waals surface area contributed by atoms with Crippen LogP contribution >= 0.6 is 0 Å². The average Bonchev–Trinajstić information content (AvgIpc) is 3.37. The second kappa shape index (κ2) is 35.0. The summed E-state index contributed by atoms with van der Waals surface area (Å²) in [6, 6.07) is 3.83. The zero-order valence-corrected chi connectivity index (χ0v) is 44.0. The minimum absolute atomic E-state index is 0.0627. The summed E-state index contributed by atoms with van der Waals surface area (Å²) in [6.07, 6.45) is 9.53. The van der Waals surface area contributed by atoms with E-state index in [2.05, 4.69) is 57.0 Å². The molecule has 0 saturated carbocycles. The maximum Gasteiger partial charge on any atom is 0.326 e. The minimum Gasteiger partial charge on any atom is -0.481 e. The molecule has 0 radical (unpaired) electrons. The first-order valence-electron chi connectivity index (χ1n) is 26.7. The Morgan fingerprint density at radius 3 is 1.84 bits per heavy atom. The highest BCUT2D eigenvalue weighted by atomic mass is 16.4. The van der Waals surface area contributed by atoms with Gasteiger partial charge < -0.3 is 67.7 Å². The van der Waals surface area contributed by atoms with Gasteiger partial charge in [0, 0.05) is 110 Å². The number of carbonyl (C=O) groups excluding carboxylic acids is 2. The van der Waals surface area contributed by atoms with Crippen LogP contribution in [0.4, 0.5) is 28.3 Å². The molecule has 3 atom stereocenters. The van der Waals surface area contributed by atoms with Crippen molar-refractivity contribution in [3.8, 4) is 0 Å². The first-order chi connectivity index (χ1) is 36.6. The Kier molecular flexibility index (Phi) is 28.6. The Morgan fingerprint density at radius 1 is 0.618 bits per heavy atom. The second-order valence-electron chi connectivity index (χ2n) is 19.3. The van der Waals surface area contributed by atoms with Gasteiger partial charge in [0.1, 0.15) is 12.1 Å². The molecule has 0 spiro atoms. The molecule has 2 saturated heterocycles. The molecule has 1 aromatic carbocycles. The number of carbonyl (C=O) groups is 7. The third kappa shape index (κ3) is 25.4. The Labute approximate surface area is 444 Å². The minimum atomic E-state index is -1.48. The van der Waals surface area contributed by atoms with Crippen LogP contribution in [0.1, 0.15) is 95.5 Å². The summed E-state index contributed by atoms with van der Waals surface area (Å²) in [7, 11) is 1.77. The number of carboxylic acid groups (broad SMARTS) is 5. The molecule has 12 N–H and O–H groups in total. The van der Waals surface area contributed by atoms with E-state index in [4.69, 9.17) is 10.1 Å². The van der Waals surface area contributed by atoms with Gasteiger partial charge in [-0.1, -0.05) is 50.7 Å². The topological polar surface area (TPSA) is 356 Å². The van der Waals surface area contributed by atoms with Crippen molar-refractivity contribution in [2.75, 3.05) is 121 Å². The predicted molar refractivity (Wildman–Crippen MR) is 284 cm³/mol. The van der Waals surface area contributed by atoms with E-state index in [0.29, 0.717) is 82.8 Å². The number of unbranched alkanes of at least 4 members (excludes halogenated alkanes) is 8. The number of rotatable bonds is 33. The van der Waals surface area contributed by atoms with Crippen LogP contribution in [-0.2, 0) is 35.2 Å². The number of benzene rings is 1. The zero-order valence-electron chi connectivity index (χ0n) is 44.0. The van der Waals surface area contributed by atoms with Crippen LogP contribution in [0.3, 0.4) is 0 Å². The van der Waals surface area contributed by atoms with E-state index < -0.39 is 54.4 Å². The van der Waals surface area contributed by atoms with E-state index in [1.807, 2.05) is 34.1 Å². The number of amides is 3. The van der Waals surface area contributed by atoms with E-state index >= 15 is 0 Å². The number of nitrogens with zero attached hydrogens (tertiary/aromatic N) is 7. The normalized spacial score (nSPS) is 17.0. The van der Waals surface area contributed by atoms with Gasteiger partial charge in [0.15, 0.2) is 0 Å². The van der Waals surface area contributed by atoms with Crippen molar-refractivity contribution >= 4 is 65.3 Å². The quantitative estimate of drug-likeness (QED) is 0.0451. The van der Waals surface area contributed by atoms with Crippen LogP contribution in [0.15, 0.2) is 24.3 Å². The lowest BCUT2D eigenvalue weighted by molar-refractivity contribution is -0.141. The number of hydrogen-bond acceptors (Lipinski definition) is 18. The molecular weight excluding hydrogens is 989 g/mol. The molecular formula is C50H82N14O12. The molecule has 424 valence electrons. The summed E-state index contributed by atoms with van der Waals surface area (Å²) in [4.78, 5) is 104. The smallest absolute Gasteiger partial charge is 0.326 e. The van der Waals surface area contributed by atoms with Crippen molar-refractivity contribution in [2.45, 2.75) is 114 Å². The molecule has 76 heavy (non-hydrogen) atoms. The van der Waals surface area contributed by atoms with Gasteiger partial charge in [0.25, 0.3) is 0 Å². The van der Waals surface area contributed by atoms with Gasteiger partial charge in [-0.05, 0) is 69.2 Å². The Balaban J connectivity index is 1.09.